The van der Waals surface area contributed by atoms with Gasteiger partial charge in [-0.15, -0.1) is 0 Å². The van der Waals surface area contributed by atoms with Gasteiger partial charge in [-0.2, -0.15) is 0 Å². The minimum Gasteiger partial charge on any atom is -0.389 e. The van der Waals surface area contributed by atoms with E-state index in [1.807, 2.05) is 18.2 Å². The fourth-order valence-electron chi connectivity index (χ4n) is 2.36. The molecule has 5 nitrogen and oxygen atoms in total. The van der Waals surface area contributed by atoms with Gasteiger partial charge in [-0.25, -0.2) is 4.98 Å². The van der Waals surface area contributed by atoms with Crippen LogP contribution in [0.25, 0.3) is 10.9 Å². The van der Waals surface area contributed by atoms with Crippen LogP contribution in [-0.2, 0) is 6.54 Å². The molecule has 2 N–H and O–H groups in total. The molecule has 0 saturated carbocycles. The summed E-state index contributed by atoms with van der Waals surface area (Å²) in [6, 6.07) is 14.4. The molecule has 0 amide bonds. The van der Waals surface area contributed by atoms with Crippen LogP contribution < -0.4 is 10.9 Å². The van der Waals surface area contributed by atoms with E-state index in [-0.39, 0.29) is 12.1 Å². The second-order valence-corrected chi connectivity index (χ2v) is 5.70. The van der Waals surface area contributed by atoms with Crippen LogP contribution in [0.2, 0.25) is 5.02 Å². The van der Waals surface area contributed by atoms with Gasteiger partial charge in [0.15, 0.2) is 0 Å². The van der Waals surface area contributed by atoms with Gasteiger partial charge in [-0.05, 0) is 30.3 Å². The second kappa shape index (κ2) is 6.81. The first-order chi connectivity index (χ1) is 11.1. The lowest BCUT2D eigenvalue weighted by molar-refractivity contribution is 0.165. The Morgan fingerprint density at radius 1 is 1.22 bits per heavy atom. The number of hydrogen-bond acceptors (Lipinski definition) is 4. The Hall–Kier alpha value is -2.37. The lowest BCUT2D eigenvalue weighted by Crippen LogP contribution is -2.31. The van der Waals surface area contributed by atoms with Gasteiger partial charge in [0.05, 0.1) is 29.9 Å². The van der Waals surface area contributed by atoms with Gasteiger partial charge in [-0.1, -0.05) is 29.8 Å². The third-order valence-electron chi connectivity index (χ3n) is 3.51. The van der Waals surface area contributed by atoms with E-state index in [1.54, 1.807) is 30.3 Å². The second-order valence-electron chi connectivity index (χ2n) is 5.26. The molecule has 1 atom stereocenters. The van der Waals surface area contributed by atoms with E-state index >= 15 is 0 Å². The Balaban J connectivity index is 1.69. The summed E-state index contributed by atoms with van der Waals surface area (Å²) >= 11 is 5.91. The number of aromatic nitrogens is 2. The highest BCUT2D eigenvalue weighted by Gasteiger charge is 2.09. The van der Waals surface area contributed by atoms with E-state index < -0.39 is 6.10 Å². The Labute approximate surface area is 138 Å². The molecule has 1 aromatic heterocycles. The standard InChI is InChI=1S/C17H16ClN3O2/c18-12-4-3-5-13(8-12)19-9-14(22)10-21-11-20-16-7-2-1-6-15(16)17(21)23/h1-8,11,14,19,22H,9-10H2/t14-/m1/s1. The molecule has 0 saturated heterocycles. The Bertz CT molecular complexity index is 879. The van der Waals surface area contributed by atoms with Crippen LogP contribution >= 0.6 is 11.6 Å². The normalized spacial score (nSPS) is 12.3. The highest BCUT2D eigenvalue weighted by atomic mass is 35.5. The maximum absolute atomic E-state index is 12.4. The van der Waals surface area contributed by atoms with Crippen molar-refractivity contribution in [2.45, 2.75) is 12.6 Å². The molecule has 6 heteroatoms. The van der Waals surface area contributed by atoms with Gasteiger partial charge in [0, 0.05) is 17.3 Å². The topological polar surface area (TPSA) is 67.2 Å². The average molecular weight is 330 g/mol. The molecule has 118 valence electrons. The fourth-order valence-corrected chi connectivity index (χ4v) is 2.55. The molecule has 0 aliphatic carbocycles. The summed E-state index contributed by atoms with van der Waals surface area (Å²) in [6.07, 6.45) is 0.738. The summed E-state index contributed by atoms with van der Waals surface area (Å²) in [5.41, 5.74) is 1.32. The van der Waals surface area contributed by atoms with Crippen LogP contribution in [0, 0.1) is 0 Å². The highest BCUT2D eigenvalue weighted by molar-refractivity contribution is 6.30. The maximum Gasteiger partial charge on any atom is 0.261 e. The van der Waals surface area contributed by atoms with E-state index in [9.17, 15) is 9.90 Å². The molecule has 0 unspecified atom stereocenters. The number of para-hydroxylation sites is 1. The summed E-state index contributed by atoms with van der Waals surface area (Å²) in [7, 11) is 0. The third-order valence-corrected chi connectivity index (χ3v) is 3.74. The zero-order chi connectivity index (χ0) is 16.2. The molecular weight excluding hydrogens is 314 g/mol. The first-order valence-electron chi connectivity index (χ1n) is 7.25. The van der Waals surface area contributed by atoms with Crippen molar-refractivity contribution in [2.75, 3.05) is 11.9 Å². The molecule has 0 aliphatic heterocycles. The van der Waals surface area contributed by atoms with Crippen molar-refractivity contribution in [2.24, 2.45) is 0 Å². The van der Waals surface area contributed by atoms with Gasteiger partial charge < -0.3 is 10.4 Å². The van der Waals surface area contributed by atoms with Crippen LogP contribution in [0.3, 0.4) is 0 Å². The molecule has 2 aromatic carbocycles. The number of fused-ring (bicyclic) bond motifs is 1. The predicted octanol–water partition coefficient (Wildman–Crippen LogP) is 2.52. The van der Waals surface area contributed by atoms with Crippen molar-refractivity contribution in [1.29, 1.82) is 0 Å². The smallest absolute Gasteiger partial charge is 0.261 e. The fraction of sp³-hybridized carbons (Fsp3) is 0.176. The Morgan fingerprint density at radius 3 is 2.87 bits per heavy atom. The van der Waals surface area contributed by atoms with Gasteiger partial charge in [-0.3, -0.25) is 9.36 Å². The van der Waals surface area contributed by atoms with E-state index in [0.717, 1.165) is 5.69 Å². The van der Waals surface area contributed by atoms with Crippen LogP contribution in [0.15, 0.2) is 59.7 Å². The summed E-state index contributed by atoms with van der Waals surface area (Å²) in [5.74, 6) is 0. The van der Waals surface area contributed by atoms with Crippen molar-refractivity contribution in [3.8, 4) is 0 Å². The Kier molecular flexibility index (Phi) is 4.60. The summed E-state index contributed by atoms with van der Waals surface area (Å²) in [4.78, 5) is 16.6. The van der Waals surface area contributed by atoms with Crippen molar-refractivity contribution >= 4 is 28.2 Å². The number of nitrogens with one attached hydrogen (secondary N) is 1. The largest absolute Gasteiger partial charge is 0.389 e. The Morgan fingerprint density at radius 2 is 2.04 bits per heavy atom. The van der Waals surface area contributed by atoms with Gasteiger partial charge in [0.25, 0.3) is 5.56 Å². The highest BCUT2D eigenvalue weighted by Crippen LogP contribution is 2.14. The van der Waals surface area contributed by atoms with Crippen LogP contribution in [0.5, 0.6) is 0 Å². The SMILES string of the molecule is O=c1c2ccccc2ncn1C[C@H](O)CNc1cccc(Cl)c1. The van der Waals surface area contributed by atoms with Crippen LogP contribution in [0.1, 0.15) is 0 Å². The molecule has 3 aromatic rings. The van der Waals surface area contributed by atoms with E-state index in [1.165, 1.54) is 10.9 Å². The number of halogens is 1. The van der Waals surface area contributed by atoms with Crippen molar-refractivity contribution in [3.63, 3.8) is 0 Å². The van der Waals surface area contributed by atoms with Crippen molar-refractivity contribution < 1.29 is 5.11 Å². The van der Waals surface area contributed by atoms with Gasteiger partial charge >= 0.3 is 0 Å². The molecule has 1 heterocycles. The molecular formula is C17H16ClN3O2. The number of aliphatic hydroxyl groups is 1. The predicted molar refractivity (Wildman–Crippen MR) is 92.0 cm³/mol. The van der Waals surface area contributed by atoms with Crippen LogP contribution in [0.4, 0.5) is 5.69 Å². The first kappa shape index (κ1) is 15.5. The van der Waals surface area contributed by atoms with E-state index in [0.29, 0.717) is 22.5 Å². The maximum atomic E-state index is 12.4. The lowest BCUT2D eigenvalue weighted by atomic mass is 10.2. The van der Waals surface area contributed by atoms with Crippen molar-refractivity contribution in [1.82, 2.24) is 9.55 Å². The summed E-state index contributed by atoms with van der Waals surface area (Å²) in [5, 5.41) is 14.4. The molecule has 23 heavy (non-hydrogen) atoms. The molecule has 0 fully saturated rings. The number of aliphatic hydroxyl groups excluding tert-OH is 1. The first-order valence-corrected chi connectivity index (χ1v) is 7.63. The van der Waals surface area contributed by atoms with E-state index in [4.69, 9.17) is 11.6 Å². The van der Waals surface area contributed by atoms with Crippen LogP contribution in [-0.4, -0.2) is 27.3 Å². The monoisotopic (exact) mass is 329 g/mol. The zero-order valence-corrected chi connectivity index (χ0v) is 13.1. The summed E-state index contributed by atoms with van der Waals surface area (Å²) in [6.45, 7) is 0.476. The minimum atomic E-state index is -0.727. The molecule has 3 rings (SSSR count). The lowest BCUT2D eigenvalue weighted by Gasteiger charge is -2.14. The number of rotatable bonds is 5. The minimum absolute atomic E-state index is 0.155. The van der Waals surface area contributed by atoms with Gasteiger partial charge in [0.2, 0.25) is 0 Å². The molecule has 0 spiro atoms. The average Bonchev–Trinajstić information content (AvgIpc) is 2.56. The number of benzene rings is 2. The van der Waals surface area contributed by atoms with E-state index in [2.05, 4.69) is 10.3 Å². The third kappa shape index (κ3) is 3.70. The number of hydrogen-bond donors (Lipinski definition) is 2. The molecule has 0 bridgehead atoms. The molecule has 0 radical (unpaired) electrons. The number of anilines is 1. The molecule has 0 aliphatic rings. The zero-order valence-electron chi connectivity index (χ0n) is 12.3. The van der Waals surface area contributed by atoms with Gasteiger partial charge in [0.1, 0.15) is 0 Å². The quantitative estimate of drug-likeness (QED) is 0.755. The summed E-state index contributed by atoms with van der Waals surface area (Å²) < 4.78 is 1.42. The number of nitrogens with zero attached hydrogens (tertiary/aromatic N) is 2. The van der Waals surface area contributed by atoms with Crippen molar-refractivity contribution in [3.05, 3.63) is 70.2 Å².